The van der Waals surface area contributed by atoms with Crippen molar-refractivity contribution < 1.29 is 9.53 Å². The van der Waals surface area contributed by atoms with Gasteiger partial charge in [-0.15, -0.1) is 0 Å². The van der Waals surface area contributed by atoms with Crippen molar-refractivity contribution in [2.75, 3.05) is 18.0 Å². The molecule has 0 amide bonds. The molecular weight excluding hydrogens is 409 g/mol. The van der Waals surface area contributed by atoms with Crippen LogP contribution in [-0.2, 0) is 6.42 Å². The summed E-state index contributed by atoms with van der Waals surface area (Å²) in [6.07, 6.45) is 2.44. The average molecular weight is 427 g/mol. The van der Waals surface area contributed by atoms with Gasteiger partial charge < -0.3 is 9.64 Å². The van der Waals surface area contributed by atoms with Gasteiger partial charge in [0, 0.05) is 43.4 Å². The predicted octanol–water partition coefficient (Wildman–Crippen LogP) is 5.00. The Hall–Kier alpha value is -1.56. The van der Waals surface area contributed by atoms with E-state index in [2.05, 4.69) is 14.9 Å². The van der Waals surface area contributed by atoms with E-state index in [9.17, 15) is 4.79 Å². The van der Waals surface area contributed by atoms with E-state index in [-0.39, 0.29) is 5.78 Å². The zero-order chi connectivity index (χ0) is 19.2. The number of carbonyl (C=O) groups is 1. The van der Waals surface area contributed by atoms with Gasteiger partial charge in [0.15, 0.2) is 5.78 Å². The number of aryl methyl sites for hydroxylation is 1. The number of rotatable bonds is 2. The van der Waals surface area contributed by atoms with Gasteiger partial charge in [-0.1, -0.05) is 41.7 Å². The number of fused-ring (bicyclic) bond motifs is 1. The molecule has 2 aliphatic rings. The maximum Gasteiger partial charge on any atom is 0.170 e. The maximum absolute atomic E-state index is 12.7. The highest BCUT2D eigenvalue weighted by Crippen LogP contribution is 2.44. The summed E-state index contributed by atoms with van der Waals surface area (Å²) in [6.45, 7) is 3.42. The number of ether oxygens (including phenoxy) is 1. The molecule has 0 saturated carbocycles. The fourth-order valence-corrected chi connectivity index (χ4v) is 4.43. The van der Waals surface area contributed by atoms with E-state index in [4.69, 9.17) is 39.5 Å². The quantitative estimate of drug-likeness (QED) is 0.632. The molecule has 8 heteroatoms. The Morgan fingerprint density at radius 2 is 1.89 bits per heavy atom. The summed E-state index contributed by atoms with van der Waals surface area (Å²) in [5, 5.41) is 1.26. The number of hydrogen-bond acceptors (Lipinski definition) is 5. The summed E-state index contributed by atoms with van der Waals surface area (Å²) < 4.78 is 6.27. The zero-order valence-corrected chi connectivity index (χ0v) is 17.0. The molecule has 1 aromatic carbocycles. The van der Waals surface area contributed by atoms with Crippen LogP contribution in [0.5, 0.6) is 5.75 Å². The van der Waals surface area contributed by atoms with E-state index in [1.165, 1.54) is 0 Å². The Bertz CT molecular complexity index is 911. The standard InChI is InChI=1S/C19H18Cl3N3O2/c1-2-16-23-15(22)9-17(24-16)25-5-3-19(4-6-25)10-14(26)12-7-11(20)8-13(21)18(12)27-19/h7-9H,2-6,10H2,1H3. The fraction of sp³-hybridized carbons (Fsp3) is 0.421. The van der Waals surface area contributed by atoms with Gasteiger partial charge in [-0.05, 0) is 12.1 Å². The van der Waals surface area contributed by atoms with Crippen LogP contribution in [0, 0.1) is 0 Å². The third-order valence-corrected chi connectivity index (χ3v) is 5.85. The van der Waals surface area contributed by atoms with Crippen molar-refractivity contribution in [1.82, 2.24) is 9.97 Å². The van der Waals surface area contributed by atoms with Crippen LogP contribution in [0.3, 0.4) is 0 Å². The van der Waals surface area contributed by atoms with E-state index in [0.29, 0.717) is 58.9 Å². The fourth-order valence-electron chi connectivity index (χ4n) is 3.71. The van der Waals surface area contributed by atoms with Crippen LogP contribution in [-0.4, -0.2) is 34.4 Å². The maximum atomic E-state index is 12.7. The van der Waals surface area contributed by atoms with Crippen molar-refractivity contribution in [1.29, 1.82) is 0 Å². The summed E-state index contributed by atoms with van der Waals surface area (Å²) in [5.41, 5.74) is -0.0710. The van der Waals surface area contributed by atoms with E-state index >= 15 is 0 Å². The number of benzene rings is 1. The number of hydrogen-bond donors (Lipinski definition) is 0. The molecule has 142 valence electrons. The Balaban J connectivity index is 1.55. The lowest BCUT2D eigenvalue weighted by Crippen LogP contribution is -2.51. The monoisotopic (exact) mass is 425 g/mol. The summed E-state index contributed by atoms with van der Waals surface area (Å²) in [7, 11) is 0. The molecule has 27 heavy (non-hydrogen) atoms. The molecule has 5 nitrogen and oxygen atoms in total. The van der Waals surface area contributed by atoms with Crippen LogP contribution >= 0.6 is 34.8 Å². The molecule has 0 aliphatic carbocycles. The predicted molar refractivity (Wildman–Crippen MR) is 107 cm³/mol. The Labute approximate surface area is 172 Å². The number of aromatic nitrogens is 2. The van der Waals surface area contributed by atoms with Gasteiger partial charge in [0.05, 0.1) is 17.0 Å². The van der Waals surface area contributed by atoms with Gasteiger partial charge in [0.2, 0.25) is 0 Å². The van der Waals surface area contributed by atoms with Gasteiger partial charge in [-0.3, -0.25) is 4.79 Å². The molecular formula is C19H18Cl3N3O2. The van der Waals surface area contributed by atoms with Crippen molar-refractivity contribution in [2.24, 2.45) is 0 Å². The lowest BCUT2D eigenvalue weighted by atomic mass is 9.82. The SMILES string of the molecule is CCc1nc(Cl)cc(N2CCC3(CC2)CC(=O)c2cc(Cl)cc(Cl)c2O3)n1. The van der Waals surface area contributed by atoms with Crippen LogP contribution in [0.1, 0.15) is 42.4 Å². The van der Waals surface area contributed by atoms with E-state index in [1.54, 1.807) is 18.2 Å². The van der Waals surface area contributed by atoms with Crippen LogP contribution in [0.15, 0.2) is 18.2 Å². The number of piperidine rings is 1. The molecule has 0 radical (unpaired) electrons. The first kappa shape index (κ1) is 18.8. The average Bonchev–Trinajstić information content (AvgIpc) is 2.63. The van der Waals surface area contributed by atoms with Crippen molar-refractivity contribution in [3.8, 4) is 5.75 Å². The highest BCUT2D eigenvalue weighted by Gasteiger charge is 2.44. The molecule has 0 atom stereocenters. The first-order valence-electron chi connectivity index (χ1n) is 8.89. The van der Waals surface area contributed by atoms with Crippen molar-refractivity contribution >= 4 is 46.4 Å². The highest BCUT2D eigenvalue weighted by molar-refractivity contribution is 6.36. The molecule has 2 aliphatic heterocycles. The zero-order valence-electron chi connectivity index (χ0n) is 14.8. The highest BCUT2D eigenvalue weighted by atomic mass is 35.5. The summed E-state index contributed by atoms with van der Waals surface area (Å²) in [4.78, 5) is 23.6. The van der Waals surface area contributed by atoms with E-state index in [1.807, 2.05) is 6.92 Å². The van der Waals surface area contributed by atoms with Gasteiger partial charge in [0.1, 0.15) is 28.1 Å². The third kappa shape index (κ3) is 3.60. The normalized spacial score (nSPS) is 18.4. The first-order chi connectivity index (χ1) is 12.9. The Morgan fingerprint density at radius 1 is 1.15 bits per heavy atom. The largest absolute Gasteiger partial charge is 0.484 e. The minimum Gasteiger partial charge on any atom is -0.484 e. The molecule has 1 fully saturated rings. The number of carbonyl (C=O) groups excluding carboxylic acids is 1. The molecule has 3 heterocycles. The lowest BCUT2D eigenvalue weighted by molar-refractivity contribution is 0.0232. The lowest BCUT2D eigenvalue weighted by Gasteiger charge is -2.44. The molecule has 1 aromatic heterocycles. The summed E-state index contributed by atoms with van der Waals surface area (Å²) in [5.74, 6) is 2.00. The Morgan fingerprint density at radius 3 is 2.59 bits per heavy atom. The molecule has 4 rings (SSSR count). The van der Waals surface area contributed by atoms with Gasteiger partial charge in [-0.2, -0.15) is 0 Å². The van der Waals surface area contributed by atoms with Crippen LogP contribution in [0.4, 0.5) is 5.82 Å². The van der Waals surface area contributed by atoms with Gasteiger partial charge >= 0.3 is 0 Å². The topological polar surface area (TPSA) is 55.3 Å². The number of halogens is 3. The van der Waals surface area contributed by atoms with E-state index < -0.39 is 5.60 Å². The van der Waals surface area contributed by atoms with Gasteiger partial charge in [-0.25, -0.2) is 9.97 Å². The smallest absolute Gasteiger partial charge is 0.170 e. The Kier molecular flexibility index (Phi) is 4.95. The second-order valence-electron chi connectivity index (χ2n) is 6.96. The van der Waals surface area contributed by atoms with Crippen molar-refractivity contribution in [3.63, 3.8) is 0 Å². The first-order valence-corrected chi connectivity index (χ1v) is 10.0. The molecule has 1 saturated heterocycles. The molecule has 1 spiro atoms. The minimum atomic E-state index is -0.539. The minimum absolute atomic E-state index is 0.0208. The summed E-state index contributed by atoms with van der Waals surface area (Å²) >= 11 is 18.4. The second kappa shape index (κ2) is 7.12. The van der Waals surface area contributed by atoms with E-state index in [0.717, 1.165) is 18.1 Å². The second-order valence-corrected chi connectivity index (χ2v) is 8.19. The van der Waals surface area contributed by atoms with Crippen LogP contribution < -0.4 is 9.64 Å². The molecule has 0 N–H and O–H groups in total. The molecule has 0 bridgehead atoms. The van der Waals surface area contributed by atoms with Crippen LogP contribution in [0.25, 0.3) is 0 Å². The molecule has 2 aromatic rings. The number of ketones is 1. The van der Waals surface area contributed by atoms with Gasteiger partial charge in [0.25, 0.3) is 0 Å². The van der Waals surface area contributed by atoms with Crippen molar-refractivity contribution in [2.45, 2.75) is 38.2 Å². The van der Waals surface area contributed by atoms with Crippen LogP contribution in [0.2, 0.25) is 15.2 Å². The summed E-state index contributed by atoms with van der Waals surface area (Å²) in [6, 6.07) is 5.01. The van der Waals surface area contributed by atoms with Crippen molar-refractivity contribution in [3.05, 3.63) is 44.8 Å². The number of Topliss-reactive ketones (excluding diaryl/α,β-unsaturated/α-hetero) is 1. The number of nitrogens with zero attached hydrogens (tertiary/aromatic N) is 3. The number of anilines is 1. The third-order valence-electron chi connectivity index (χ3n) is 5.15. The molecule has 0 unspecified atom stereocenters.